The maximum Gasteiger partial charge on any atom is 0.246 e. The Bertz CT molecular complexity index is 726. The molecule has 6 nitrogen and oxygen atoms in total. The highest BCUT2D eigenvalue weighted by atomic mass is 79.9. The van der Waals surface area contributed by atoms with Crippen molar-refractivity contribution in [2.75, 3.05) is 25.5 Å². The molecule has 0 saturated carbocycles. The van der Waals surface area contributed by atoms with E-state index in [1.165, 1.54) is 0 Å². The van der Waals surface area contributed by atoms with Crippen LogP contribution < -0.4 is 10.6 Å². The first-order valence-electron chi connectivity index (χ1n) is 8.14. The van der Waals surface area contributed by atoms with Crippen LogP contribution in [0.25, 0.3) is 0 Å². The van der Waals surface area contributed by atoms with E-state index in [4.69, 9.17) is 0 Å². The first-order chi connectivity index (χ1) is 12.0. The highest BCUT2D eigenvalue weighted by Gasteiger charge is 2.10. The Morgan fingerprint density at radius 1 is 1.32 bits per heavy atom. The topological polar surface area (TPSA) is 61.7 Å². The summed E-state index contributed by atoms with van der Waals surface area (Å²) in [6, 6.07) is 11.5. The molecule has 1 amide bonds. The van der Waals surface area contributed by atoms with E-state index in [0.29, 0.717) is 12.5 Å². The first kappa shape index (κ1) is 19.1. The van der Waals surface area contributed by atoms with Crippen LogP contribution in [-0.4, -0.2) is 41.5 Å². The quantitative estimate of drug-likeness (QED) is 0.573. The number of aromatic nitrogens is 1. The fourth-order valence-electron chi connectivity index (χ4n) is 2.38. The van der Waals surface area contributed by atoms with Crippen molar-refractivity contribution in [3.05, 3.63) is 52.8 Å². The van der Waals surface area contributed by atoms with Gasteiger partial charge in [0.1, 0.15) is 6.54 Å². The first-order valence-corrected chi connectivity index (χ1v) is 8.94. The molecule has 2 N–H and O–H groups in total. The van der Waals surface area contributed by atoms with Crippen molar-refractivity contribution in [2.45, 2.75) is 13.5 Å². The van der Waals surface area contributed by atoms with Gasteiger partial charge in [-0.3, -0.25) is 4.79 Å². The smallest absolute Gasteiger partial charge is 0.246 e. The van der Waals surface area contributed by atoms with Crippen LogP contribution in [0.15, 0.2) is 52.1 Å². The molecule has 7 heteroatoms. The number of amides is 1. The molecule has 25 heavy (non-hydrogen) atoms. The van der Waals surface area contributed by atoms with Crippen molar-refractivity contribution >= 4 is 33.5 Å². The van der Waals surface area contributed by atoms with E-state index in [0.717, 1.165) is 22.4 Å². The number of hydrogen-bond acceptors (Lipinski definition) is 2. The molecule has 0 fully saturated rings. The number of para-hydroxylation sites is 1. The zero-order valence-corrected chi connectivity index (χ0v) is 16.4. The van der Waals surface area contributed by atoms with Crippen LogP contribution in [0.1, 0.15) is 12.6 Å². The van der Waals surface area contributed by atoms with Gasteiger partial charge in [-0.15, -0.1) is 0 Å². The molecular weight excluding hydrogens is 382 g/mol. The fraction of sp³-hybridized carbons (Fsp3) is 0.333. The third-order valence-corrected chi connectivity index (χ3v) is 4.03. The fourth-order valence-corrected chi connectivity index (χ4v) is 2.95. The van der Waals surface area contributed by atoms with Crippen LogP contribution in [0.4, 0.5) is 5.69 Å². The molecular formula is C18H24BrN5O. The van der Waals surface area contributed by atoms with Crippen molar-refractivity contribution in [1.82, 2.24) is 14.8 Å². The lowest BCUT2D eigenvalue weighted by atomic mass is 10.3. The van der Waals surface area contributed by atoms with Gasteiger partial charge in [0.2, 0.25) is 5.91 Å². The van der Waals surface area contributed by atoms with E-state index in [9.17, 15) is 4.79 Å². The summed E-state index contributed by atoms with van der Waals surface area (Å²) in [5, 5.41) is 6.06. The molecule has 0 aliphatic carbocycles. The maximum atomic E-state index is 12.1. The van der Waals surface area contributed by atoms with Crippen molar-refractivity contribution in [1.29, 1.82) is 0 Å². The predicted molar refractivity (Wildman–Crippen MR) is 106 cm³/mol. The Morgan fingerprint density at radius 2 is 2.04 bits per heavy atom. The normalized spacial score (nSPS) is 11.3. The summed E-state index contributed by atoms with van der Waals surface area (Å²) < 4.78 is 3.11. The Labute approximate surface area is 157 Å². The summed E-state index contributed by atoms with van der Waals surface area (Å²) in [5.74, 6) is 0.555. The predicted octanol–water partition coefficient (Wildman–Crippen LogP) is 2.82. The summed E-state index contributed by atoms with van der Waals surface area (Å²) >= 11 is 3.48. The number of carbonyl (C=O) groups excluding carboxylic acids is 1. The molecule has 0 aliphatic heterocycles. The molecule has 2 aromatic rings. The second-order valence-corrected chi connectivity index (χ2v) is 6.62. The minimum absolute atomic E-state index is 0.0679. The molecule has 0 unspecified atom stereocenters. The number of guanidine groups is 1. The lowest BCUT2D eigenvalue weighted by molar-refractivity contribution is -0.114. The third-order valence-electron chi connectivity index (χ3n) is 3.60. The number of anilines is 1. The molecule has 134 valence electrons. The van der Waals surface area contributed by atoms with E-state index in [1.54, 1.807) is 0 Å². The van der Waals surface area contributed by atoms with Crippen LogP contribution >= 0.6 is 15.9 Å². The van der Waals surface area contributed by atoms with Gasteiger partial charge >= 0.3 is 0 Å². The molecule has 1 aromatic carbocycles. The lowest BCUT2D eigenvalue weighted by Crippen LogP contribution is -2.39. The van der Waals surface area contributed by atoms with Crippen LogP contribution in [-0.2, 0) is 18.4 Å². The largest absolute Gasteiger partial charge is 0.357 e. The number of rotatable bonds is 6. The average molecular weight is 406 g/mol. The summed E-state index contributed by atoms with van der Waals surface area (Å²) in [6.07, 6.45) is 2.01. The molecule has 2 rings (SSSR count). The molecule has 0 spiro atoms. The molecule has 0 saturated heterocycles. The Kier molecular flexibility index (Phi) is 7.06. The van der Waals surface area contributed by atoms with Crippen LogP contribution in [0, 0.1) is 0 Å². The van der Waals surface area contributed by atoms with Gasteiger partial charge in [-0.05, 0) is 41.1 Å². The second-order valence-electron chi connectivity index (χ2n) is 5.70. The minimum Gasteiger partial charge on any atom is -0.357 e. The second kappa shape index (κ2) is 9.27. The molecule has 0 radical (unpaired) electrons. The van der Waals surface area contributed by atoms with Gasteiger partial charge in [0.05, 0.1) is 6.54 Å². The lowest BCUT2D eigenvalue weighted by Gasteiger charge is -2.22. The van der Waals surface area contributed by atoms with Crippen LogP contribution in [0.3, 0.4) is 0 Å². The average Bonchev–Trinajstić information content (AvgIpc) is 2.89. The Hall–Kier alpha value is -2.28. The highest BCUT2D eigenvalue weighted by Crippen LogP contribution is 2.15. The monoisotopic (exact) mass is 405 g/mol. The number of halogens is 1. The number of nitrogens with one attached hydrogen (secondary N) is 2. The standard InChI is InChI=1S/C18H24BrN5O/c1-4-20-18(24(3)13-16-10-14(19)12-23(16)2)21-11-17(25)22-15-8-6-5-7-9-15/h5-10,12H,4,11,13H2,1-3H3,(H,20,21)(H,22,25). The van der Waals surface area contributed by atoms with Gasteiger partial charge in [-0.2, -0.15) is 0 Å². The van der Waals surface area contributed by atoms with Gasteiger partial charge in [0.15, 0.2) is 5.96 Å². The summed E-state index contributed by atoms with van der Waals surface area (Å²) in [7, 11) is 3.96. The highest BCUT2D eigenvalue weighted by molar-refractivity contribution is 9.10. The van der Waals surface area contributed by atoms with Gasteiger partial charge in [-0.25, -0.2) is 4.99 Å². The van der Waals surface area contributed by atoms with E-state index >= 15 is 0 Å². The zero-order valence-electron chi connectivity index (χ0n) is 14.8. The van der Waals surface area contributed by atoms with E-state index in [2.05, 4.69) is 42.2 Å². The van der Waals surface area contributed by atoms with Crippen molar-refractivity contribution in [2.24, 2.45) is 12.0 Å². The molecule has 0 aliphatic rings. The molecule has 1 aromatic heterocycles. The SMILES string of the molecule is CCNC(=NCC(=O)Nc1ccccc1)N(C)Cc1cc(Br)cn1C. The number of hydrogen-bond donors (Lipinski definition) is 2. The van der Waals surface area contributed by atoms with Gasteiger partial charge in [0, 0.05) is 42.7 Å². The van der Waals surface area contributed by atoms with E-state index in [1.807, 2.05) is 62.4 Å². The van der Waals surface area contributed by atoms with Gasteiger partial charge in [0.25, 0.3) is 0 Å². The number of aliphatic imine (C=N–C) groups is 1. The van der Waals surface area contributed by atoms with Crippen LogP contribution in [0.5, 0.6) is 0 Å². The third kappa shape index (κ3) is 5.94. The molecule has 0 atom stereocenters. The number of aryl methyl sites for hydroxylation is 1. The van der Waals surface area contributed by atoms with Gasteiger partial charge in [-0.1, -0.05) is 18.2 Å². The zero-order chi connectivity index (χ0) is 18.2. The summed E-state index contributed by atoms with van der Waals surface area (Å²) in [4.78, 5) is 18.5. The Balaban J connectivity index is 1.99. The van der Waals surface area contributed by atoms with Crippen molar-refractivity contribution < 1.29 is 4.79 Å². The minimum atomic E-state index is -0.142. The summed E-state index contributed by atoms with van der Waals surface area (Å²) in [6.45, 7) is 3.50. The van der Waals surface area contributed by atoms with Crippen molar-refractivity contribution in [3.63, 3.8) is 0 Å². The number of carbonyl (C=O) groups is 1. The molecule has 0 bridgehead atoms. The molecule has 1 heterocycles. The number of benzene rings is 1. The maximum absolute atomic E-state index is 12.1. The van der Waals surface area contributed by atoms with E-state index in [-0.39, 0.29) is 12.5 Å². The summed E-state index contributed by atoms with van der Waals surface area (Å²) in [5.41, 5.74) is 1.92. The van der Waals surface area contributed by atoms with Crippen LogP contribution in [0.2, 0.25) is 0 Å². The number of nitrogens with zero attached hydrogens (tertiary/aromatic N) is 3. The van der Waals surface area contributed by atoms with Gasteiger partial charge < -0.3 is 20.1 Å². The van der Waals surface area contributed by atoms with E-state index < -0.39 is 0 Å². The van der Waals surface area contributed by atoms with Crippen molar-refractivity contribution in [3.8, 4) is 0 Å². The Morgan fingerprint density at radius 3 is 2.64 bits per heavy atom.